The molecule has 2 aromatic rings. The number of carbonyl (C=O) groups excluding carboxylic acids is 2. The van der Waals surface area contributed by atoms with Crippen LogP contribution in [0, 0.1) is 12.8 Å². The number of ether oxygens (including phenoxy) is 1. The molecule has 1 saturated heterocycles. The number of alkyl halides is 3. The monoisotopic (exact) mass is 449 g/mol. The van der Waals surface area contributed by atoms with E-state index in [4.69, 9.17) is 0 Å². The van der Waals surface area contributed by atoms with Crippen molar-refractivity contribution in [3.05, 3.63) is 59.2 Å². The lowest BCUT2D eigenvalue weighted by Gasteiger charge is -2.39. The molecule has 0 bridgehead atoms. The maximum absolute atomic E-state index is 12.6. The van der Waals surface area contributed by atoms with E-state index < -0.39 is 6.36 Å². The molecule has 1 heterocycles. The first kappa shape index (κ1) is 23.4. The average Bonchev–Trinajstić information content (AvgIpc) is 2.63. The van der Waals surface area contributed by atoms with Crippen LogP contribution in [-0.4, -0.2) is 42.3 Å². The number of amides is 3. The Labute approximate surface area is 184 Å². The van der Waals surface area contributed by atoms with Crippen LogP contribution in [0.1, 0.15) is 35.3 Å². The van der Waals surface area contributed by atoms with E-state index in [1.807, 2.05) is 13.8 Å². The molecule has 0 saturated carbocycles. The summed E-state index contributed by atoms with van der Waals surface area (Å²) in [7, 11) is 0. The molecular weight excluding hydrogens is 423 g/mol. The molecule has 1 aliphatic heterocycles. The fourth-order valence-corrected chi connectivity index (χ4v) is 3.61. The van der Waals surface area contributed by atoms with Gasteiger partial charge in [0.15, 0.2) is 0 Å². The number of hydrogen-bond donors (Lipinski definition) is 2. The van der Waals surface area contributed by atoms with E-state index in [1.54, 1.807) is 42.2 Å². The van der Waals surface area contributed by atoms with E-state index in [0.29, 0.717) is 36.3 Å². The quantitative estimate of drug-likeness (QED) is 0.669. The van der Waals surface area contributed by atoms with Crippen LogP contribution in [-0.2, 0) is 6.42 Å². The number of hydrogen-bond acceptors (Lipinski definition) is 3. The first-order valence-corrected chi connectivity index (χ1v) is 10.3. The van der Waals surface area contributed by atoms with Gasteiger partial charge in [0, 0.05) is 30.4 Å². The molecule has 1 aliphatic rings. The molecule has 0 aliphatic carbocycles. The highest BCUT2D eigenvalue weighted by molar-refractivity contribution is 5.97. The third kappa shape index (κ3) is 6.15. The van der Waals surface area contributed by atoms with E-state index in [1.165, 1.54) is 12.1 Å². The molecule has 6 nitrogen and oxygen atoms in total. The third-order valence-electron chi connectivity index (χ3n) is 5.09. The zero-order valence-electron chi connectivity index (χ0n) is 18.1. The summed E-state index contributed by atoms with van der Waals surface area (Å²) in [6.45, 7) is 6.42. The Morgan fingerprint density at radius 3 is 2.47 bits per heavy atom. The smallest absolute Gasteiger partial charge is 0.406 e. The standard InChI is InChI=1S/C23H26F3N3O3/c1-14(2)27-21(30)19-9-8-18(10-15(19)3)28-22(31)29-12-16(13-29)11-17-6-4-5-7-20(17)32-23(24,25)26/h4-10,14,16H,11-13H2,1-3H3,(H,27,30)(H,28,31). The van der Waals surface area contributed by atoms with Crippen LogP contribution in [0.25, 0.3) is 0 Å². The van der Waals surface area contributed by atoms with Crippen molar-refractivity contribution in [2.45, 2.75) is 39.6 Å². The largest absolute Gasteiger partial charge is 0.573 e. The van der Waals surface area contributed by atoms with Crippen LogP contribution in [0.2, 0.25) is 0 Å². The number of carbonyl (C=O) groups is 2. The normalized spacial score (nSPS) is 14.2. The van der Waals surface area contributed by atoms with Crippen molar-refractivity contribution in [1.82, 2.24) is 10.2 Å². The predicted octanol–water partition coefficient (Wildman–Crippen LogP) is 4.74. The van der Waals surface area contributed by atoms with Crippen molar-refractivity contribution >= 4 is 17.6 Å². The fourth-order valence-electron chi connectivity index (χ4n) is 3.61. The van der Waals surface area contributed by atoms with Gasteiger partial charge in [-0.05, 0) is 68.5 Å². The van der Waals surface area contributed by atoms with Gasteiger partial charge in [0.2, 0.25) is 0 Å². The molecule has 0 aromatic heterocycles. The maximum atomic E-state index is 12.6. The lowest BCUT2D eigenvalue weighted by Crippen LogP contribution is -2.52. The zero-order chi connectivity index (χ0) is 23.5. The number of nitrogens with one attached hydrogen (secondary N) is 2. The van der Waals surface area contributed by atoms with Gasteiger partial charge in [-0.25, -0.2) is 4.79 Å². The van der Waals surface area contributed by atoms with Gasteiger partial charge in [-0.15, -0.1) is 13.2 Å². The molecular formula is C23H26F3N3O3. The van der Waals surface area contributed by atoms with Crippen LogP contribution in [0.5, 0.6) is 5.75 Å². The van der Waals surface area contributed by atoms with Gasteiger partial charge in [-0.1, -0.05) is 18.2 Å². The summed E-state index contributed by atoms with van der Waals surface area (Å²) in [6, 6.07) is 10.8. The van der Waals surface area contributed by atoms with E-state index >= 15 is 0 Å². The SMILES string of the molecule is Cc1cc(NC(=O)N2CC(Cc3ccccc3OC(F)(F)F)C2)ccc1C(=O)NC(C)C. The Morgan fingerprint density at radius 1 is 1.16 bits per heavy atom. The number of benzene rings is 2. The number of rotatable bonds is 6. The Hall–Kier alpha value is -3.23. The highest BCUT2D eigenvalue weighted by Gasteiger charge is 2.34. The minimum absolute atomic E-state index is 0.0210. The van der Waals surface area contributed by atoms with Crippen LogP contribution in [0.3, 0.4) is 0 Å². The van der Waals surface area contributed by atoms with Crippen LogP contribution >= 0.6 is 0 Å². The van der Waals surface area contributed by atoms with Crippen molar-refractivity contribution in [2.75, 3.05) is 18.4 Å². The second-order valence-electron chi connectivity index (χ2n) is 8.22. The molecule has 0 spiro atoms. The predicted molar refractivity (Wildman–Crippen MR) is 115 cm³/mol. The molecule has 0 unspecified atom stereocenters. The number of anilines is 1. The highest BCUT2D eigenvalue weighted by Crippen LogP contribution is 2.30. The fraction of sp³-hybridized carbons (Fsp3) is 0.391. The summed E-state index contributed by atoms with van der Waals surface area (Å²) >= 11 is 0. The summed E-state index contributed by atoms with van der Waals surface area (Å²) < 4.78 is 41.8. The molecule has 0 atom stereocenters. The minimum Gasteiger partial charge on any atom is -0.406 e. The van der Waals surface area contributed by atoms with E-state index in [2.05, 4.69) is 15.4 Å². The summed E-state index contributed by atoms with van der Waals surface area (Å²) in [5, 5.41) is 5.63. The second kappa shape index (κ2) is 9.50. The summed E-state index contributed by atoms with van der Waals surface area (Å²) in [5.41, 5.74) is 2.31. The molecule has 9 heteroatoms. The van der Waals surface area contributed by atoms with Gasteiger partial charge >= 0.3 is 12.4 Å². The van der Waals surface area contributed by atoms with Crippen molar-refractivity contribution in [3.8, 4) is 5.75 Å². The van der Waals surface area contributed by atoms with Crippen LogP contribution in [0.15, 0.2) is 42.5 Å². The topological polar surface area (TPSA) is 70.7 Å². The van der Waals surface area contributed by atoms with Gasteiger partial charge in [-0.2, -0.15) is 0 Å². The number of para-hydroxylation sites is 1. The summed E-state index contributed by atoms with van der Waals surface area (Å²) in [5.74, 6) is -0.335. The molecule has 0 radical (unpaired) electrons. The van der Waals surface area contributed by atoms with Gasteiger partial charge in [-0.3, -0.25) is 4.79 Å². The van der Waals surface area contributed by atoms with Crippen LogP contribution in [0.4, 0.5) is 23.7 Å². The van der Waals surface area contributed by atoms with Crippen molar-refractivity contribution < 1.29 is 27.5 Å². The number of urea groups is 1. The molecule has 3 amide bonds. The van der Waals surface area contributed by atoms with E-state index in [9.17, 15) is 22.8 Å². The van der Waals surface area contributed by atoms with Crippen LogP contribution < -0.4 is 15.4 Å². The Bertz CT molecular complexity index is 986. The van der Waals surface area contributed by atoms with Crippen molar-refractivity contribution in [2.24, 2.45) is 5.92 Å². The van der Waals surface area contributed by atoms with E-state index in [0.717, 1.165) is 5.56 Å². The van der Waals surface area contributed by atoms with Crippen molar-refractivity contribution in [3.63, 3.8) is 0 Å². The molecule has 32 heavy (non-hydrogen) atoms. The minimum atomic E-state index is -4.75. The molecule has 172 valence electrons. The Morgan fingerprint density at radius 2 is 1.84 bits per heavy atom. The molecule has 2 aromatic carbocycles. The van der Waals surface area contributed by atoms with Gasteiger partial charge in [0.25, 0.3) is 5.91 Å². The maximum Gasteiger partial charge on any atom is 0.573 e. The summed E-state index contributed by atoms with van der Waals surface area (Å²) in [6.07, 6.45) is -4.36. The third-order valence-corrected chi connectivity index (χ3v) is 5.09. The Balaban J connectivity index is 1.53. The first-order chi connectivity index (χ1) is 15.0. The van der Waals surface area contributed by atoms with Gasteiger partial charge in [0.05, 0.1) is 0 Å². The highest BCUT2D eigenvalue weighted by atomic mass is 19.4. The molecule has 1 fully saturated rings. The zero-order valence-corrected chi connectivity index (χ0v) is 18.1. The van der Waals surface area contributed by atoms with Crippen molar-refractivity contribution in [1.29, 1.82) is 0 Å². The number of halogens is 3. The van der Waals surface area contributed by atoms with Gasteiger partial charge in [0.1, 0.15) is 5.75 Å². The summed E-state index contributed by atoms with van der Waals surface area (Å²) in [4.78, 5) is 26.3. The number of nitrogens with zero attached hydrogens (tertiary/aromatic N) is 1. The first-order valence-electron chi connectivity index (χ1n) is 10.3. The number of aryl methyl sites for hydroxylation is 1. The lowest BCUT2D eigenvalue weighted by atomic mass is 9.92. The molecule has 2 N–H and O–H groups in total. The molecule has 3 rings (SSSR count). The van der Waals surface area contributed by atoms with Gasteiger partial charge < -0.3 is 20.3 Å². The Kier molecular flexibility index (Phi) is 6.96. The number of likely N-dealkylation sites (tertiary alicyclic amines) is 1. The second-order valence-corrected chi connectivity index (χ2v) is 8.22. The average molecular weight is 449 g/mol. The van der Waals surface area contributed by atoms with E-state index in [-0.39, 0.29) is 29.6 Å². The lowest BCUT2D eigenvalue weighted by molar-refractivity contribution is -0.274.